The van der Waals surface area contributed by atoms with Crippen LogP contribution in [0, 0.1) is 5.92 Å². The molecule has 0 saturated carbocycles. The number of ether oxygens (including phenoxy) is 1. The smallest absolute Gasteiger partial charge is 0.172 e. The molecule has 14 heavy (non-hydrogen) atoms. The summed E-state index contributed by atoms with van der Waals surface area (Å²) >= 11 is 0. The quantitative estimate of drug-likeness (QED) is 0.680. The van der Waals surface area contributed by atoms with Crippen molar-refractivity contribution in [3.8, 4) is 5.75 Å². The number of aryl methyl sites for hydroxylation is 1. The van der Waals surface area contributed by atoms with E-state index >= 15 is 0 Å². The van der Waals surface area contributed by atoms with Gasteiger partial charge in [0.15, 0.2) is 5.78 Å². The molecule has 0 aromatic heterocycles. The van der Waals surface area contributed by atoms with E-state index in [0.717, 1.165) is 17.7 Å². The van der Waals surface area contributed by atoms with Gasteiger partial charge in [0.2, 0.25) is 0 Å². The minimum Gasteiger partial charge on any atom is -0.492 e. The number of Topliss-reactive ketones (excluding diaryl/α,β-unsaturated/α-hetero) is 1. The number of benzene rings is 1. The number of carbonyl (C=O) groups is 1. The molecule has 1 aromatic rings. The van der Waals surface area contributed by atoms with Crippen molar-refractivity contribution in [2.75, 3.05) is 6.61 Å². The molecular formula is C12H14O2. The first-order valence-electron chi connectivity index (χ1n) is 5.02. The Morgan fingerprint density at radius 2 is 2.29 bits per heavy atom. The van der Waals surface area contributed by atoms with Crippen LogP contribution in [0.1, 0.15) is 29.8 Å². The number of hydrogen-bond donors (Lipinski definition) is 0. The molecule has 1 heterocycles. The maximum absolute atomic E-state index is 11.8. The van der Waals surface area contributed by atoms with E-state index in [2.05, 4.69) is 6.92 Å². The fourth-order valence-corrected chi connectivity index (χ4v) is 1.67. The highest BCUT2D eigenvalue weighted by atomic mass is 16.5. The molecule has 0 aliphatic carbocycles. The van der Waals surface area contributed by atoms with Crippen LogP contribution in [0.15, 0.2) is 18.2 Å². The van der Waals surface area contributed by atoms with Gasteiger partial charge >= 0.3 is 0 Å². The maximum Gasteiger partial charge on any atom is 0.172 e. The van der Waals surface area contributed by atoms with Crippen LogP contribution in [0.25, 0.3) is 0 Å². The summed E-state index contributed by atoms with van der Waals surface area (Å²) in [4.78, 5) is 11.8. The Kier molecular flexibility index (Phi) is 2.28. The first-order valence-corrected chi connectivity index (χ1v) is 5.02. The SMILES string of the molecule is CCc1ccc2c(c1)C(=O)C(C)CO2. The molecule has 2 rings (SSSR count). The normalized spacial score (nSPS) is 20.1. The Morgan fingerprint density at radius 1 is 1.50 bits per heavy atom. The van der Waals surface area contributed by atoms with E-state index in [4.69, 9.17) is 4.74 Å². The van der Waals surface area contributed by atoms with Crippen molar-refractivity contribution < 1.29 is 9.53 Å². The fourth-order valence-electron chi connectivity index (χ4n) is 1.67. The molecule has 1 unspecified atom stereocenters. The zero-order valence-corrected chi connectivity index (χ0v) is 8.54. The van der Waals surface area contributed by atoms with E-state index in [0.29, 0.717) is 6.61 Å². The molecule has 74 valence electrons. The van der Waals surface area contributed by atoms with E-state index in [9.17, 15) is 4.79 Å². The lowest BCUT2D eigenvalue weighted by Gasteiger charge is -2.21. The highest BCUT2D eigenvalue weighted by molar-refractivity contribution is 6.01. The van der Waals surface area contributed by atoms with Gasteiger partial charge in [-0.1, -0.05) is 19.9 Å². The van der Waals surface area contributed by atoms with Gasteiger partial charge < -0.3 is 4.74 Å². The number of ketones is 1. The summed E-state index contributed by atoms with van der Waals surface area (Å²) in [5, 5.41) is 0. The standard InChI is InChI=1S/C12H14O2/c1-3-9-4-5-11-10(6-9)12(13)8(2)7-14-11/h4-6,8H,3,7H2,1-2H3. The number of carbonyl (C=O) groups excluding carboxylic acids is 1. The van der Waals surface area contributed by atoms with Gasteiger partial charge in [-0.2, -0.15) is 0 Å². The lowest BCUT2D eigenvalue weighted by Crippen LogP contribution is -2.25. The second-order valence-electron chi connectivity index (χ2n) is 3.76. The molecule has 0 spiro atoms. The van der Waals surface area contributed by atoms with Gasteiger partial charge in [-0.05, 0) is 24.1 Å². The molecule has 1 aliphatic rings. The van der Waals surface area contributed by atoms with Gasteiger partial charge in [-0.15, -0.1) is 0 Å². The van der Waals surface area contributed by atoms with Crippen LogP contribution in [0.3, 0.4) is 0 Å². The number of hydrogen-bond acceptors (Lipinski definition) is 2. The molecular weight excluding hydrogens is 176 g/mol. The Hall–Kier alpha value is -1.31. The molecule has 2 nitrogen and oxygen atoms in total. The summed E-state index contributed by atoms with van der Waals surface area (Å²) in [7, 11) is 0. The summed E-state index contributed by atoms with van der Waals surface area (Å²) in [6.45, 7) is 4.50. The van der Waals surface area contributed by atoms with Crippen molar-refractivity contribution in [2.45, 2.75) is 20.3 Å². The van der Waals surface area contributed by atoms with Gasteiger partial charge in [0.1, 0.15) is 5.75 Å². The lowest BCUT2D eigenvalue weighted by atomic mass is 9.95. The topological polar surface area (TPSA) is 26.3 Å². The molecule has 1 atom stereocenters. The summed E-state index contributed by atoms with van der Waals surface area (Å²) in [5.41, 5.74) is 1.94. The highest BCUT2D eigenvalue weighted by Gasteiger charge is 2.25. The van der Waals surface area contributed by atoms with Gasteiger partial charge in [0.05, 0.1) is 18.1 Å². The molecule has 0 N–H and O–H groups in total. The van der Waals surface area contributed by atoms with Crippen molar-refractivity contribution in [1.82, 2.24) is 0 Å². The van der Waals surface area contributed by atoms with E-state index < -0.39 is 0 Å². The van der Waals surface area contributed by atoms with Crippen molar-refractivity contribution in [2.24, 2.45) is 5.92 Å². The molecule has 0 saturated heterocycles. The van der Waals surface area contributed by atoms with Gasteiger partial charge in [-0.25, -0.2) is 0 Å². The third-order valence-electron chi connectivity index (χ3n) is 2.65. The Morgan fingerprint density at radius 3 is 3.00 bits per heavy atom. The van der Waals surface area contributed by atoms with Crippen LogP contribution in [0.2, 0.25) is 0 Å². The molecule has 0 bridgehead atoms. The second-order valence-corrected chi connectivity index (χ2v) is 3.76. The number of rotatable bonds is 1. The average Bonchev–Trinajstić information content (AvgIpc) is 2.23. The summed E-state index contributed by atoms with van der Waals surface area (Å²) in [6.07, 6.45) is 0.953. The lowest BCUT2D eigenvalue weighted by molar-refractivity contribution is 0.0848. The van der Waals surface area contributed by atoms with Gasteiger partial charge in [-0.3, -0.25) is 4.79 Å². The summed E-state index contributed by atoms with van der Waals surface area (Å²) < 4.78 is 5.48. The molecule has 0 radical (unpaired) electrons. The average molecular weight is 190 g/mol. The van der Waals surface area contributed by atoms with Crippen LogP contribution >= 0.6 is 0 Å². The minimum absolute atomic E-state index is 0.00499. The minimum atomic E-state index is -0.00499. The summed E-state index contributed by atoms with van der Waals surface area (Å²) in [6, 6.07) is 5.87. The van der Waals surface area contributed by atoms with Gasteiger partial charge in [0, 0.05) is 0 Å². The van der Waals surface area contributed by atoms with Gasteiger partial charge in [0.25, 0.3) is 0 Å². The Bertz CT molecular complexity index is 369. The molecule has 0 amide bonds. The van der Waals surface area contributed by atoms with Crippen molar-refractivity contribution in [3.63, 3.8) is 0 Å². The molecule has 2 heteroatoms. The van der Waals surface area contributed by atoms with E-state index in [1.54, 1.807) is 0 Å². The third-order valence-corrected chi connectivity index (χ3v) is 2.65. The van der Waals surface area contributed by atoms with E-state index in [1.165, 1.54) is 5.56 Å². The second kappa shape index (κ2) is 3.45. The molecule has 1 aliphatic heterocycles. The zero-order valence-electron chi connectivity index (χ0n) is 8.54. The highest BCUT2D eigenvalue weighted by Crippen LogP contribution is 2.28. The first kappa shape index (κ1) is 9.25. The van der Waals surface area contributed by atoms with Crippen LogP contribution in [0.4, 0.5) is 0 Å². The Labute approximate surface area is 83.9 Å². The van der Waals surface area contributed by atoms with Crippen molar-refractivity contribution in [3.05, 3.63) is 29.3 Å². The zero-order chi connectivity index (χ0) is 10.1. The van der Waals surface area contributed by atoms with Crippen LogP contribution in [-0.2, 0) is 6.42 Å². The van der Waals surface area contributed by atoms with Crippen LogP contribution < -0.4 is 4.74 Å². The largest absolute Gasteiger partial charge is 0.492 e. The Balaban J connectivity index is 2.46. The first-order chi connectivity index (χ1) is 6.72. The van der Waals surface area contributed by atoms with E-state index in [1.807, 2.05) is 25.1 Å². The third kappa shape index (κ3) is 1.41. The van der Waals surface area contributed by atoms with Crippen LogP contribution in [-0.4, -0.2) is 12.4 Å². The number of fused-ring (bicyclic) bond motifs is 1. The predicted octanol–water partition coefficient (Wildman–Crippen LogP) is 2.46. The monoisotopic (exact) mass is 190 g/mol. The van der Waals surface area contributed by atoms with Crippen molar-refractivity contribution in [1.29, 1.82) is 0 Å². The maximum atomic E-state index is 11.8. The van der Waals surface area contributed by atoms with E-state index in [-0.39, 0.29) is 11.7 Å². The molecule has 0 fully saturated rings. The fraction of sp³-hybridized carbons (Fsp3) is 0.417. The summed E-state index contributed by atoms with van der Waals surface area (Å²) in [5.74, 6) is 0.946. The van der Waals surface area contributed by atoms with Crippen molar-refractivity contribution >= 4 is 5.78 Å². The molecule has 1 aromatic carbocycles. The van der Waals surface area contributed by atoms with Crippen LogP contribution in [0.5, 0.6) is 5.75 Å². The predicted molar refractivity (Wildman–Crippen MR) is 54.8 cm³/mol.